The number of rotatable bonds is 7. The zero-order valence-electron chi connectivity index (χ0n) is 17.6. The fourth-order valence-electron chi connectivity index (χ4n) is 4.49. The Morgan fingerprint density at radius 3 is 2.81 bits per heavy atom. The highest BCUT2D eigenvalue weighted by Gasteiger charge is 2.36. The molecule has 2 aromatic carbocycles. The molecule has 1 atom stereocenters. The standard InChI is InChI=1S/C24H27F2N3O2/c1-31-23-6-3-2-5-22(23)29-15-18(13-27-29)14-28-10-4-9-24(16-28,17-30)12-19-7-8-20(25)11-21(19)26/h2-3,5-8,11,13,15,30H,4,9-10,12,14,16-17H2,1H3/t24-/m0/s1. The third kappa shape index (κ3) is 4.78. The molecule has 0 spiro atoms. The van der Waals surface area contributed by atoms with Crippen molar-refractivity contribution in [1.82, 2.24) is 14.7 Å². The molecule has 164 valence electrons. The van der Waals surface area contributed by atoms with Gasteiger partial charge in [-0.15, -0.1) is 0 Å². The maximum absolute atomic E-state index is 14.2. The first kappa shape index (κ1) is 21.5. The molecular formula is C24H27F2N3O2. The van der Waals surface area contributed by atoms with E-state index in [0.717, 1.165) is 42.5 Å². The van der Waals surface area contributed by atoms with E-state index in [9.17, 15) is 13.9 Å². The predicted molar refractivity (Wildman–Crippen MR) is 114 cm³/mol. The third-order valence-corrected chi connectivity index (χ3v) is 6.03. The molecule has 7 heteroatoms. The van der Waals surface area contributed by atoms with E-state index < -0.39 is 17.0 Å². The lowest BCUT2D eigenvalue weighted by Gasteiger charge is -2.42. The van der Waals surface area contributed by atoms with Crippen LogP contribution in [0.5, 0.6) is 5.75 Å². The van der Waals surface area contributed by atoms with Crippen LogP contribution in [0.25, 0.3) is 5.69 Å². The van der Waals surface area contributed by atoms with Crippen LogP contribution in [0.3, 0.4) is 0 Å². The Morgan fingerprint density at radius 2 is 2.03 bits per heavy atom. The normalized spacial score (nSPS) is 19.5. The van der Waals surface area contributed by atoms with Gasteiger partial charge >= 0.3 is 0 Å². The first-order chi connectivity index (χ1) is 15.0. The quantitative estimate of drug-likeness (QED) is 0.620. The Labute approximate surface area is 180 Å². The lowest BCUT2D eigenvalue weighted by Crippen LogP contribution is -2.46. The summed E-state index contributed by atoms with van der Waals surface area (Å²) in [6, 6.07) is 11.4. The number of aliphatic hydroxyl groups excluding tert-OH is 1. The van der Waals surface area contributed by atoms with Gasteiger partial charge in [-0.2, -0.15) is 5.10 Å². The number of hydrogen-bond donors (Lipinski definition) is 1. The van der Waals surface area contributed by atoms with Crippen LogP contribution in [-0.4, -0.2) is 46.6 Å². The largest absolute Gasteiger partial charge is 0.494 e. The Kier molecular flexibility index (Phi) is 6.34. The molecule has 1 fully saturated rings. The van der Waals surface area contributed by atoms with Gasteiger partial charge in [0.1, 0.15) is 23.1 Å². The minimum Gasteiger partial charge on any atom is -0.494 e. The van der Waals surface area contributed by atoms with Crippen LogP contribution in [0.15, 0.2) is 54.9 Å². The van der Waals surface area contributed by atoms with E-state index in [2.05, 4.69) is 10.00 Å². The predicted octanol–water partition coefficient (Wildman–Crippen LogP) is 3.98. The van der Waals surface area contributed by atoms with E-state index >= 15 is 0 Å². The Balaban J connectivity index is 1.48. The second kappa shape index (κ2) is 9.16. The molecule has 3 aromatic rings. The van der Waals surface area contributed by atoms with E-state index in [4.69, 9.17) is 4.74 Å². The Hall–Kier alpha value is -2.77. The first-order valence-electron chi connectivity index (χ1n) is 10.5. The Morgan fingerprint density at radius 1 is 1.19 bits per heavy atom. The zero-order valence-corrected chi connectivity index (χ0v) is 17.6. The van der Waals surface area contributed by atoms with Gasteiger partial charge in [0, 0.05) is 36.3 Å². The van der Waals surface area contributed by atoms with Crippen molar-refractivity contribution in [1.29, 1.82) is 0 Å². The summed E-state index contributed by atoms with van der Waals surface area (Å²) in [5.41, 5.74) is 1.91. The highest BCUT2D eigenvalue weighted by molar-refractivity contribution is 5.46. The smallest absolute Gasteiger partial charge is 0.144 e. The molecule has 2 heterocycles. The lowest BCUT2D eigenvalue weighted by molar-refractivity contribution is 0.0282. The summed E-state index contributed by atoms with van der Waals surface area (Å²) >= 11 is 0. The summed E-state index contributed by atoms with van der Waals surface area (Å²) in [6.07, 6.45) is 5.90. The second-order valence-corrected chi connectivity index (χ2v) is 8.35. The minimum atomic E-state index is -0.586. The van der Waals surface area contributed by atoms with Gasteiger partial charge in [-0.1, -0.05) is 18.2 Å². The van der Waals surface area contributed by atoms with Crippen molar-refractivity contribution in [2.24, 2.45) is 5.41 Å². The Bertz CT molecular complexity index is 1040. The van der Waals surface area contributed by atoms with E-state index in [0.29, 0.717) is 25.1 Å². The van der Waals surface area contributed by atoms with Crippen molar-refractivity contribution in [3.63, 3.8) is 0 Å². The van der Waals surface area contributed by atoms with Gasteiger partial charge in [0.15, 0.2) is 0 Å². The summed E-state index contributed by atoms with van der Waals surface area (Å²) in [5.74, 6) is -0.393. The van der Waals surface area contributed by atoms with Gasteiger partial charge in [-0.25, -0.2) is 13.5 Å². The molecule has 4 rings (SSSR count). The molecule has 5 nitrogen and oxygen atoms in total. The number of aliphatic hydroxyl groups is 1. The van der Waals surface area contributed by atoms with Crippen molar-refractivity contribution in [3.8, 4) is 11.4 Å². The van der Waals surface area contributed by atoms with Crippen molar-refractivity contribution in [3.05, 3.63) is 77.6 Å². The topological polar surface area (TPSA) is 50.5 Å². The van der Waals surface area contributed by atoms with E-state index in [1.54, 1.807) is 11.8 Å². The summed E-state index contributed by atoms with van der Waals surface area (Å²) < 4.78 is 34.7. The molecule has 0 aliphatic carbocycles. The molecule has 1 aromatic heterocycles. The zero-order chi connectivity index (χ0) is 21.8. The van der Waals surface area contributed by atoms with Crippen LogP contribution in [0.1, 0.15) is 24.0 Å². The van der Waals surface area contributed by atoms with Crippen LogP contribution in [0.4, 0.5) is 8.78 Å². The summed E-state index contributed by atoms with van der Waals surface area (Å²) in [7, 11) is 1.63. The van der Waals surface area contributed by atoms with E-state index in [1.165, 1.54) is 12.1 Å². The molecule has 0 bridgehead atoms. The number of likely N-dealkylation sites (tertiary alicyclic amines) is 1. The van der Waals surface area contributed by atoms with Crippen molar-refractivity contribution in [2.75, 3.05) is 26.8 Å². The second-order valence-electron chi connectivity index (χ2n) is 8.35. The van der Waals surface area contributed by atoms with Crippen molar-refractivity contribution < 1.29 is 18.6 Å². The summed E-state index contributed by atoms with van der Waals surface area (Å²) in [6.45, 7) is 2.18. The van der Waals surface area contributed by atoms with Gasteiger partial charge in [0.05, 0.1) is 19.9 Å². The van der Waals surface area contributed by atoms with Gasteiger partial charge in [-0.3, -0.25) is 4.90 Å². The fourth-order valence-corrected chi connectivity index (χ4v) is 4.49. The summed E-state index contributed by atoms with van der Waals surface area (Å²) in [4.78, 5) is 2.27. The summed E-state index contributed by atoms with van der Waals surface area (Å²) in [5, 5.41) is 14.7. The minimum absolute atomic E-state index is 0.0409. The number of halogens is 2. The highest BCUT2D eigenvalue weighted by atomic mass is 19.1. The first-order valence-corrected chi connectivity index (χ1v) is 10.5. The SMILES string of the molecule is COc1ccccc1-n1cc(CN2CCC[C@](CO)(Cc3ccc(F)cc3F)C2)cn1. The number of benzene rings is 2. The van der Waals surface area contributed by atoms with Crippen LogP contribution in [0, 0.1) is 17.0 Å². The number of methoxy groups -OCH3 is 1. The highest BCUT2D eigenvalue weighted by Crippen LogP contribution is 2.35. The van der Waals surface area contributed by atoms with Crippen LogP contribution < -0.4 is 4.74 Å². The van der Waals surface area contributed by atoms with E-state index in [1.807, 2.05) is 36.7 Å². The average Bonchev–Trinajstić information content (AvgIpc) is 3.24. The maximum atomic E-state index is 14.2. The number of nitrogens with zero attached hydrogens (tertiary/aromatic N) is 3. The molecule has 0 saturated carbocycles. The number of piperidine rings is 1. The molecule has 0 unspecified atom stereocenters. The molecular weight excluding hydrogens is 400 g/mol. The van der Waals surface area contributed by atoms with Gasteiger partial charge < -0.3 is 9.84 Å². The van der Waals surface area contributed by atoms with E-state index in [-0.39, 0.29) is 6.61 Å². The van der Waals surface area contributed by atoms with Gasteiger partial charge in [0.25, 0.3) is 0 Å². The van der Waals surface area contributed by atoms with Gasteiger partial charge in [0.2, 0.25) is 0 Å². The molecule has 1 saturated heterocycles. The van der Waals surface area contributed by atoms with Crippen molar-refractivity contribution in [2.45, 2.75) is 25.8 Å². The average molecular weight is 427 g/mol. The molecule has 0 amide bonds. The number of hydrogen-bond acceptors (Lipinski definition) is 4. The number of para-hydroxylation sites is 2. The van der Waals surface area contributed by atoms with Crippen molar-refractivity contribution >= 4 is 0 Å². The van der Waals surface area contributed by atoms with Crippen LogP contribution >= 0.6 is 0 Å². The van der Waals surface area contributed by atoms with Crippen LogP contribution in [-0.2, 0) is 13.0 Å². The maximum Gasteiger partial charge on any atom is 0.144 e. The third-order valence-electron chi connectivity index (χ3n) is 6.03. The molecule has 1 aliphatic heterocycles. The molecule has 1 aliphatic rings. The molecule has 31 heavy (non-hydrogen) atoms. The molecule has 0 radical (unpaired) electrons. The fraction of sp³-hybridized carbons (Fsp3) is 0.375. The number of aromatic nitrogens is 2. The van der Waals surface area contributed by atoms with Gasteiger partial charge in [-0.05, 0) is 49.6 Å². The number of ether oxygens (including phenoxy) is 1. The monoisotopic (exact) mass is 427 g/mol. The van der Waals surface area contributed by atoms with Crippen LogP contribution in [0.2, 0.25) is 0 Å². The molecule has 1 N–H and O–H groups in total. The lowest BCUT2D eigenvalue weighted by atomic mass is 9.75.